The molecule has 3 nitrogen and oxygen atoms in total. The molecule has 0 aliphatic carbocycles. The molecular weight excluding hydrogens is 263 g/mol. The molecular formula is C7H5BrFO3S. The van der Waals surface area contributed by atoms with E-state index in [9.17, 15) is 12.8 Å². The van der Waals surface area contributed by atoms with Gasteiger partial charge in [0, 0.05) is 4.47 Å². The molecule has 0 saturated carbocycles. The molecule has 1 aromatic rings. The van der Waals surface area contributed by atoms with Gasteiger partial charge >= 0.3 is 10.1 Å². The summed E-state index contributed by atoms with van der Waals surface area (Å²) in [7, 11) is -1.35. The number of hydrogen-bond acceptors (Lipinski definition) is 3. The average Bonchev–Trinajstić information content (AvgIpc) is 2.03. The van der Waals surface area contributed by atoms with E-state index in [0.717, 1.165) is 6.07 Å². The molecule has 13 heavy (non-hydrogen) atoms. The summed E-state index contributed by atoms with van der Waals surface area (Å²) < 4.78 is 39.2. The molecule has 71 valence electrons. The largest absolute Gasteiger partial charge is 0.301 e. The maximum absolute atomic E-state index is 13.0. The molecule has 0 heterocycles. The number of benzene rings is 1. The Morgan fingerprint density at radius 1 is 1.46 bits per heavy atom. The third kappa shape index (κ3) is 2.07. The standard InChI is InChI=1S/C7H5BrFO3S/c1-12-13(10,11)7-5(8)3-2-4-6(7)9/h2-4H,1H2. The van der Waals surface area contributed by atoms with E-state index < -0.39 is 20.8 Å². The van der Waals surface area contributed by atoms with Crippen LogP contribution in [0.3, 0.4) is 0 Å². The van der Waals surface area contributed by atoms with Gasteiger partial charge in [0.2, 0.25) is 0 Å². The van der Waals surface area contributed by atoms with Gasteiger partial charge in [-0.25, -0.2) is 4.39 Å². The molecule has 1 aromatic carbocycles. The van der Waals surface area contributed by atoms with Crippen LogP contribution >= 0.6 is 15.9 Å². The van der Waals surface area contributed by atoms with Crippen LogP contribution in [0.1, 0.15) is 0 Å². The Kier molecular flexibility index (Phi) is 3.05. The lowest BCUT2D eigenvalue weighted by Gasteiger charge is -2.04. The van der Waals surface area contributed by atoms with Gasteiger partial charge in [0.1, 0.15) is 10.7 Å². The van der Waals surface area contributed by atoms with Crippen LogP contribution in [-0.2, 0) is 14.3 Å². The SMILES string of the molecule is [CH2]OS(=O)(=O)c1c(F)cccc1Br. The molecule has 0 fully saturated rings. The molecule has 0 aliphatic rings. The fourth-order valence-corrected chi connectivity index (χ4v) is 2.45. The number of rotatable bonds is 2. The van der Waals surface area contributed by atoms with E-state index in [1.807, 2.05) is 0 Å². The summed E-state index contributed by atoms with van der Waals surface area (Å²) in [6.45, 7) is 0. The van der Waals surface area contributed by atoms with Crippen molar-refractivity contribution in [2.24, 2.45) is 0 Å². The summed E-state index contributed by atoms with van der Waals surface area (Å²) >= 11 is 2.90. The Morgan fingerprint density at radius 3 is 2.54 bits per heavy atom. The maximum Gasteiger partial charge on any atom is 0.301 e. The molecule has 1 radical (unpaired) electrons. The van der Waals surface area contributed by atoms with Crippen molar-refractivity contribution in [2.45, 2.75) is 4.90 Å². The second kappa shape index (κ2) is 3.73. The smallest absolute Gasteiger partial charge is 0.264 e. The van der Waals surface area contributed by atoms with Gasteiger partial charge in [0.25, 0.3) is 0 Å². The van der Waals surface area contributed by atoms with Gasteiger partial charge in [0.05, 0.1) is 7.11 Å². The normalized spacial score (nSPS) is 11.6. The van der Waals surface area contributed by atoms with E-state index in [2.05, 4.69) is 27.2 Å². The van der Waals surface area contributed by atoms with Crippen LogP contribution in [0, 0.1) is 12.9 Å². The fourth-order valence-electron chi connectivity index (χ4n) is 0.780. The van der Waals surface area contributed by atoms with Crippen molar-refractivity contribution < 1.29 is 17.0 Å². The molecule has 0 atom stereocenters. The fraction of sp³-hybridized carbons (Fsp3) is 0. The minimum absolute atomic E-state index is 0.108. The molecule has 0 aromatic heterocycles. The first-order valence-electron chi connectivity index (χ1n) is 3.11. The van der Waals surface area contributed by atoms with Crippen LogP contribution in [0.25, 0.3) is 0 Å². The van der Waals surface area contributed by atoms with E-state index in [-0.39, 0.29) is 4.47 Å². The lowest BCUT2D eigenvalue weighted by Crippen LogP contribution is -2.05. The van der Waals surface area contributed by atoms with Gasteiger partial charge in [-0.15, -0.1) is 0 Å². The zero-order valence-electron chi connectivity index (χ0n) is 6.33. The Labute approximate surface area is 83.8 Å². The van der Waals surface area contributed by atoms with E-state index in [0.29, 0.717) is 0 Å². The first-order valence-corrected chi connectivity index (χ1v) is 5.32. The minimum atomic E-state index is -4.09. The second-order valence-electron chi connectivity index (χ2n) is 2.12. The van der Waals surface area contributed by atoms with E-state index in [1.54, 1.807) is 0 Å². The van der Waals surface area contributed by atoms with Gasteiger partial charge in [0.15, 0.2) is 0 Å². The molecule has 6 heteroatoms. The zero-order valence-corrected chi connectivity index (χ0v) is 8.73. The third-order valence-corrected chi connectivity index (χ3v) is 3.47. The van der Waals surface area contributed by atoms with Gasteiger partial charge in [-0.2, -0.15) is 8.42 Å². The second-order valence-corrected chi connectivity index (χ2v) is 4.53. The Bertz CT molecular complexity index is 395. The highest BCUT2D eigenvalue weighted by Gasteiger charge is 2.21. The lowest BCUT2D eigenvalue weighted by atomic mass is 10.3. The maximum atomic E-state index is 13.0. The highest BCUT2D eigenvalue weighted by molar-refractivity contribution is 9.10. The van der Waals surface area contributed by atoms with Gasteiger partial charge in [-0.05, 0) is 28.1 Å². The Morgan fingerprint density at radius 2 is 2.08 bits per heavy atom. The van der Waals surface area contributed by atoms with Crippen LogP contribution in [0.15, 0.2) is 27.6 Å². The van der Waals surface area contributed by atoms with Gasteiger partial charge in [-0.1, -0.05) is 6.07 Å². The molecule has 0 aliphatic heterocycles. The summed E-state index contributed by atoms with van der Waals surface area (Å²) in [6, 6.07) is 3.80. The van der Waals surface area contributed by atoms with E-state index >= 15 is 0 Å². The number of halogens is 2. The van der Waals surface area contributed by atoms with Crippen molar-refractivity contribution in [1.29, 1.82) is 0 Å². The van der Waals surface area contributed by atoms with Gasteiger partial charge < -0.3 is 0 Å². The van der Waals surface area contributed by atoms with Crippen molar-refractivity contribution in [1.82, 2.24) is 0 Å². The van der Waals surface area contributed by atoms with E-state index in [1.165, 1.54) is 12.1 Å². The topological polar surface area (TPSA) is 43.4 Å². The van der Waals surface area contributed by atoms with Crippen molar-refractivity contribution in [2.75, 3.05) is 0 Å². The van der Waals surface area contributed by atoms with Crippen molar-refractivity contribution in [3.63, 3.8) is 0 Å². The molecule has 0 N–H and O–H groups in total. The number of hydrogen-bond donors (Lipinski definition) is 0. The molecule has 1 rings (SSSR count). The van der Waals surface area contributed by atoms with Crippen molar-refractivity contribution in [3.05, 3.63) is 35.6 Å². The first kappa shape index (κ1) is 10.6. The van der Waals surface area contributed by atoms with E-state index in [4.69, 9.17) is 0 Å². The summed E-state index contributed by atoms with van der Waals surface area (Å²) in [5, 5.41) is 0. The molecule has 0 saturated heterocycles. The molecule has 0 amide bonds. The van der Waals surface area contributed by atoms with Crippen LogP contribution in [-0.4, -0.2) is 8.42 Å². The summed E-state index contributed by atoms with van der Waals surface area (Å²) in [5.41, 5.74) is 0. The van der Waals surface area contributed by atoms with Crippen LogP contribution in [0.4, 0.5) is 4.39 Å². The monoisotopic (exact) mass is 267 g/mol. The Hall–Kier alpha value is -0.460. The summed E-state index contributed by atoms with van der Waals surface area (Å²) in [4.78, 5) is -0.537. The lowest BCUT2D eigenvalue weighted by molar-refractivity contribution is 0.431. The van der Waals surface area contributed by atoms with Gasteiger partial charge in [-0.3, -0.25) is 4.18 Å². The average molecular weight is 268 g/mol. The third-order valence-electron chi connectivity index (χ3n) is 1.32. The summed E-state index contributed by atoms with van der Waals surface area (Å²) in [5.74, 6) is -0.877. The zero-order chi connectivity index (χ0) is 10.1. The molecule has 0 bridgehead atoms. The highest BCUT2D eigenvalue weighted by atomic mass is 79.9. The van der Waals surface area contributed by atoms with Crippen LogP contribution in [0.5, 0.6) is 0 Å². The predicted octanol–water partition coefficient (Wildman–Crippen LogP) is 2.09. The van der Waals surface area contributed by atoms with Crippen LogP contribution in [0.2, 0.25) is 0 Å². The minimum Gasteiger partial charge on any atom is -0.264 e. The highest BCUT2D eigenvalue weighted by Crippen LogP contribution is 2.25. The van der Waals surface area contributed by atoms with Crippen LogP contribution < -0.4 is 0 Å². The molecule has 0 unspecified atom stereocenters. The molecule has 0 spiro atoms. The predicted molar refractivity (Wildman–Crippen MR) is 47.7 cm³/mol. The Balaban J connectivity index is 3.46. The van der Waals surface area contributed by atoms with Crippen molar-refractivity contribution >= 4 is 26.0 Å². The quantitative estimate of drug-likeness (QED) is 0.771. The summed E-state index contributed by atoms with van der Waals surface area (Å²) in [6.07, 6.45) is 0. The van der Waals surface area contributed by atoms with Crippen molar-refractivity contribution in [3.8, 4) is 0 Å². The first-order chi connectivity index (χ1) is 5.99.